The van der Waals surface area contributed by atoms with Crippen LogP contribution < -0.4 is 5.32 Å². The van der Waals surface area contributed by atoms with Crippen molar-refractivity contribution in [2.24, 2.45) is 0 Å². The van der Waals surface area contributed by atoms with E-state index < -0.39 is 23.7 Å². The van der Waals surface area contributed by atoms with Gasteiger partial charge in [-0.05, 0) is 49.4 Å². The summed E-state index contributed by atoms with van der Waals surface area (Å²) in [6, 6.07) is 18.5. The van der Waals surface area contributed by atoms with Gasteiger partial charge in [-0.25, -0.2) is 9.48 Å². The van der Waals surface area contributed by atoms with Crippen LogP contribution in [0.1, 0.15) is 54.0 Å². The van der Waals surface area contributed by atoms with Crippen LogP contribution in [0.5, 0.6) is 0 Å². The molecule has 2 aromatic heterocycles. The number of nitrogens with one attached hydrogen (secondary N) is 1. The summed E-state index contributed by atoms with van der Waals surface area (Å²) in [7, 11) is 0. The van der Waals surface area contributed by atoms with Gasteiger partial charge in [0.15, 0.2) is 5.82 Å². The van der Waals surface area contributed by atoms with E-state index in [1.807, 2.05) is 6.07 Å². The zero-order chi connectivity index (χ0) is 25.9. The fraction of sp³-hybridized carbons (Fsp3) is 0.111. The largest absolute Gasteiger partial charge is 0.462 e. The monoisotopic (exact) mass is 495 g/mol. The molecule has 1 aliphatic heterocycles. The van der Waals surface area contributed by atoms with Gasteiger partial charge in [-0.1, -0.05) is 24.3 Å². The number of carbonyl (C=O) groups is 4. The Labute approximate surface area is 211 Å². The molecular weight excluding hydrogens is 474 g/mol. The van der Waals surface area contributed by atoms with Crippen molar-refractivity contribution in [3.05, 3.63) is 107 Å². The number of nitrogens with zero attached hydrogens (tertiary/aromatic N) is 4. The first kappa shape index (κ1) is 23.6. The summed E-state index contributed by atoms with van der Waals surface area (Å²) >= 11 is 0. The van der Waals surface area contributed by atoms with Crippen LogP contribution in [0.2, 0.25) is 0 Å². The van der Waals surface area contributed by atoms with Crippen molar-refractivity contribution in [3.63, 3.8) is 0 Å². The van der Waals surface area contributed by atoms with E-state index in [1.54, 1.807) is 55.6 Å². The highest BCUT2D eigenvalue weighted by atomic mass is 16.5. The second kappa shape index (κ2) is 9.86. The Hall–Kier alpha value is -5.12. The number of esters is 1. The number of para-hydroxylation sites is 1. The molecule has 5 rings (SSSR count). The van der Waals surface area contributed by atoms with Crippen LogP contribution in [-0.2, 0) is 11.3 Å². The third-order valence-corrected chi connectivity index (χ3v) is 5.78. The van der Waals surface area contributed by atoms with Crippen molar-refractivity contribution in [1.29, 1.82) is 0 Å². The Morgan fingerprint density at radius 3 is 2.43 bits per heavy atom. The van der Waals surface area contributed by atoms with Gasteiger partial charge in [0, 0.05) is 11.8 Å². The first-order chi connectivity index (χ1) is 18.0. The molecule has 0 aliphatic carbocycles. The van der Waals surface area contributed by atoms with Crippen LogP contribution in [-0.4, -0.2) is 50.0 Å². The zero-order valence-electron chi connectivity index (χ0n) is 19.7. The number of fused-ring (bicyclic) bond motifs is 1. The topological polar surface area (TPSA) is 123 Å². The smallest absolute Gasteiger partial charge is 0.343 e. The average Bonchev–Trinajstić information content (AvgIpc) is 3.44. The number of rotatable bonds is 7. The van der Waals surface area contributed by atoms with Crippen LogP contribution in [0.4, 0.5) is 5.82 Å². The van der Waals surface area contributed by atoms with Crippen molar-refractivity contribution in [2.75, 3.05) is 11.9 Å². The molecule has 0 atom stereocenters. The van der Waals surface area contributed by atoms with Crippen LogP contribution in [0.3, 0.4) is 0 Å². The highest BCUT2D eigenvalue weighted by Gasteiger charge is 2.36. The summed E-state index contributed by atoms with van der Waals surface area (Å²) in [6.07, 6.45) is 2.90. The minimum atomic E-state index is -0.639. The Morgan fingerprint density at radius 1 is 0.946 bits per heavy atom. The van der Waals surface area contributed by atoms with Crippen molar-refractivity contribution < 1.29 is 23.9 Å². The van der Waals surface area contributed by atoms with Crippen LogP contribution >= 0.6 is 0 Å². The SMILES string of the molecule is CCOC(=O)c1cnn(-c2ccccc2)c1NC(=O)c1ccc2c(c1)C(=O)N(Cc1ccccn1)C2=O. The molecule has 4 aromatic rings. The maximum Gasteiger partial charge on any atom is 0.343 e. The Balaban J connectivity index is 1.44. The van der Waals surface area contributed by atoms with E-state index >= 15 is 0 Å². The van der Waals surface area contributed by atoms with Crippen molar-refractivity contribution >= 4 is 29.5 Å². The molecule has 0 fully saturated rings. The first-order valence-corrected chi connectivity index (χ1v) is 11.5. The zero-order valence-corrected chi connectivity index (χ0v) is 19.7. The predicted molar refractivity (Wildman–Crippen MR) is 132 cm³/mol. The molecule has 3 heterocycles. The maximum absolute atomic E-state index is 13.3. The Kier molecular flexibility index (Phi) is 6.29. The lowest BCUT2D eigenvalue weighted by Gasteiger charge is -2.12. The van der Waals surface area contributed by atoms with Crippen LogP contribution in [0.15, 0.2) is 79.1 Å². The first-order valence-electron chi connectivity index (χ1n) is 11.5. The summed E-state index contributed by atoms with van der Waals surface area (Å²) in [6.45, 7) is 1.85. The highest BCUT2D eigenvalue weighted by Crippen LogP contribution is 2.27. The molecule has 0 saturated carbocycles. The highest BCUT2D eigenvalue weighted by molar-refractivity contribution is 6.22. The molecule has 10 heteroatoms. The third kappa shape index (κ3) is 4.47. The number of aromatic nitrogens is 3. The van der Waals surface area contributed by atoms with Gasteiger partial charge in [-0.2, -0.15) is 5.10 Å². The van der Waals surface area contributed by atoms with E-state index in [4.69, 9.17) is 4.74 Å². The number of ether oxygens (including phenoxy) is 1. The molecular formula is C27H21N5O5. The molecule has 184 valence electrons. The molecule has 0 saturated heterocycles. The lowest BCUT2D eigenvalue weighted by Crippen LogP contribution is -2.29. The Morgan fingerprint density at radius 2 is 1.70 bits per heavy atom. The molecule has 0 unspecified atom stereocenters. The molecule has 0 radical (unpaired) electrons. The minimum Gasteiger partial charge on any atom is -0.462 e. The van der Waals surface area contributed by atoms with Crippen molar-refractivity contribution in [2.45, 2.75) is 13.5 Å². The van der Waals surface area contributed by atoms with Crippen LogP contribution in [0.25, 0.3) is 5.69 Å². The molecule has 0 bridgehead atoms. The van der Waals surface area contributed by atoms with E-state index in [0.29, 0.717) is 11.4 Å². The van der Waals surface area contributed by atoms with Crippen molar-refractivity contribution in [1.82, 2.24) is 19.7 Å². The number of benzene rings is 2. The number of amides is 3. The number of anilines is 1. The average molecular weight is 495 g/mol. The van der Waals surface area contributed by atoms with Gasteiger partial charge in [0.2, 0.25) is 0 Å². The molecule has 3 amide bonds. The van der Waals surface area contributed by atoms with E-state index in [9.17, 15) is 19.2 Å². The quantitative estimate of drug-likeness (QED) is 0.307. The number of hydrogen-bond acceptors (Lipinski definition) is 7. The van der Waals surface area contributed by atoms with Gasteiger partial charge >= 0.3 is 5.97 Å². The fourth-order valence-electron chi connectivity index (χ4n) is 4.00. The summed E-state index contributed by atoms with van der Waals surface area (Å²) in [5, 5.41) is 6.98. The fourth-order valence-corrected chi connectivity index (χ4v) is 4.00. The van der Waals surface area contributed by atoms with Crippen LogP contribution in [0, 0.1) is 0 Å². The molecule has 37 heavy (non-hydrogen) atoms. The number of hydrogen-bond donors (Lipinski definition) is 1. The molecule has 10 nitrogen and oxygen atoms in total. The lowest BCUT2D eigenvalue weighted by atomic mass is 10.1. The summed E-state index contributed by atoms with van der Waals surface area (Å²) in [4.78, 5) is 56.9. The van der Waals surface area contributed by atoms with Gasteiger partial charge < -0.3 is 10.1 Å². The Bertz CT molecular complexity index is 1510. The summed E-state index contributed by atoms with van der Waals surface area (Å²) in [5.41, 5.74) is 1.72. The number of pyridine rings is 1. The minimum absolute atomic E-state index is 0.0217. The van der Waals surface area contributed by atoms with Gasteiger partial charge in [-0.15, -0.1) is 0 Å². The van der Waals surface area contributed by atoms with E-state index in [1.165, 1.54) is 29.1 Å². The second-order valence-corrected chi connectivity index (χ2v) is 8.11. The van der Waals surface area contributed by atoms with Crippen molar-refractivity contribution in [3.8, 4) is 5.69 Å². The molecule has 1 aliphatic rings. The normalized spacial score (nSPS) is 12.4. The van der Waals surface area contributed by atoms with E-state index in [0.717, 1.165) is 4.90 Å². The number of imide groups is 1. The van der Waals surface area contributed by atoms with Gasteiger partial charge in [-0.3, -0.25) is 24.3 Å². The summed E-state index contributed by atoms with van der Waals surface area (Å²) in [5.74, 6) is -2.07. The molecule has 2 aromatic carbocycles. The van der Waals surface area contributed by atoms with E-state index in [2.05, 4.69) is 15.4 Å². The maximum atomic E-state index is 13.3. The standard InChI is InChI=1S/C27H21N5O5/c1-2-37-27(36)22-15-29-32(19-9-4-3-5-10-19)23(22)30-24(33)17-11-12-20-21(14-17)26(35)31(25(20)34)16-18-8-6-7-13-28-18/h3-15H,2,16H2,1H3,(H,30,33). The second-order valence-electron chi connectivity index (χ2n) is 8.11. The third-order valence-electron chi connectivity index (χ3n) is 5.78. The lowest BCUT2D eigenvalue weighted by molar-refractivity contribution is 0.0526. The molecule has 0 spiro atoms. The number of carbonyl (C=O) groups excluding carboxylic acids is 4. The predicted octanol–water partition coefficient (Wildman–Crippen LogP) is 3.49. The summed E-state index contributed by atoms with van der Waals surface area (Å²) < 4.78 is 6.53. The van der Waals surface area contributed by atoms with E-state index in [-0.39, 0.29) is 41.2 Å². The molecule has 1 N–H and O–H groups in total. The van der Waals surface area contributed by atoms with Gasteiger partial charge in [0.1, 0.15) is 5.56 Å². The van der Waals surface area contributed by atoms with Gasteiger partial charge in [0.25, 0.3) is 17.7 Å². The van der Waals surface area contributed by atoms with Gasteiger partial charge in [0.05, 0.1) is 41.9 Å².